The normalized spacial score (nSPS) is 20.7. The number of rotatable bonds is 2. The Hall–Kier alpha value is -0.0400. The minimum Gasteiger partial charge on any atom is -0.375 e. The minimum absolute atomic E-state index is 0.278. The topological polar surface area (TPSA) is 9.23 Å². The van der Waals surface area contributed by atoms with Crippen LogP contribution in [-0.2, 0) is 4.74 Å². The fourth-order valence-electron chi connectivity index (χ4n) is 1.56. The van der Waals surface area contributed by atoms with E-state index in [9.17, 15) is 0 Å². The van der Waals surface area contributed by atoms with Gasteiger partial charge >= 0.3 is 0 Å². The van der Waals surface area contributed by atoms with Crippen molar-refractivity contribution in [1.29, 1.82) is 0 Å². The van der Waals surface area contributed by atoms with Gasteiger partial charge in [0.25, 0.3) is 0 Å². The minimum atomic E-state index is 0.278. The van der Waals surface area contributed by atoms with Crippen LogP contribution in [0.1, 0.15) is 53.4 Å². The van der Waals surface area contributed by atoms with Gasteiger partial charge < -0.3 is 4.74 Å². The number of hydrogen-bond acceptors (Lipinski definition) is 1. The van der Waals surface area contributed by atoms with Crippen molar-refractivity contribution in [2.75, 3.05) is 6.61 Å². The fraction of sp³-hybridized carbons (Fsp3) is 1.00. The number of hydrogen-bond donors (Lipinski definition) is 0. The second-order valence-electron chi connectivity index (χ2n) is 2.84. The second kappa shape index (κ2) is 5.59. The molecular weight excluding hydrogens is 136 g/mol. The quantitative estimate of drug-likeness (QED) is 0.598. The Balaban J connectivity index is 0.000000461. The summed E-state index contributed by atoms with van der Waals surface area (Å²) in [5, 5.41) is 0. The molecule has 1 aliphatic heterocycles. The molecule has 0 aromatic carbocycles. The summed E-state index contributed by atoms with van der Waals surface area (Å²) in [6, 6.07) is 0. The Kier molecular flexibility index (Phi) is 5.57. The van der Waals surface area contributed by atoms with Crippen molar-refractivity contribution >= 4 is 0 Å². The van der Waals surface area contributed by atoms with Crippen LogP contribution in [0.3, 0.4) is 0 Å². The Morgan fingerprint density at radius 3 is 1.91 bits per heavy atom. The van der Waals surface area contributed by atoms with Crippen molar-refractivity contribution in [3.05, 3.63) is 0 Å². The number of ether oxygens (including phenoxy) is 1. The summed E-state index contributed by atoms with van der Waals surface area (Å²) < 4.78 is 5.64. The van der Waals surface area contributed by atoms with Gasteiger partial charge in [0.05, 0.1) is 5.60 Å². The molecule has 11 heavy (non-hydrogen) atoms. The van der Waals surface area contributed by atoms with E-state index in [0.717, 1.165) is 6.61 Å². The first-order chi connectivity index (χ1) is 5.33. The highest BCUT2D eigenvalue weighted by Crippen LogP contribution is 2.31. The molecule has 0 unspecified atom stereocenters. The van der Waals surface area contributed by atoms with Crippen molar-refractivity contribution in [2.45, 2.75) is 59.0 Å². The van der Waals surface area contributed by atoms with Gasteiger partial charge in [-0.2, -0.15) is 0 Å². The Bertz CT molecular complexity index is 76.9. The monoisotopic (exact) mass is 158 g/mol. The van der Waals surface area contributed by atoms with Crippen molar-refractivity contribution in [3.63, 3.8) is 0 Å². The van der Waals surface area contributed by atoms with E-state index in [1.807, 2.05) is 13.8 Å². The molecule has 0 aromatic rings. The molecule has 1 fully saturated rings. The first kappa shape index (κ1) is 11.0. The van der Waals surface area contributed by atoms with Crippen molar-refractivity contribution < 1.29 is 4.74 Å². The van der Waals surface area contributed by atoms with Crippen LogP contribution in [0.5, 0.6) is 0 Å². The van der Waals surface area contributed by atoms with Gasteiger partial charge in [-0.05, 0) is 25.7 Å². The lowest BCUT2D eigenvalue weighted by molar-refractivity contribution is -0.00190. The molecule has 1 saturated heterocycles. The van der Waals surface area contributed by atoms with Gasteiger partial charge in [0.2, 0.25) is 0 Å². The van der Waals surface area contributed by atoms with E-state index in [4.69, 9.17) is 4.74 Å². The van der Waals surface area contributed by atoms with E-state index in [-0.39, 0.29) is 5.60 Å². The van der Waals surface area contributed by atoms with Crippen LogP contribution >= 0.6 is 0 Å². The van der Waals surface area contributed by atoms with Gasteiger partial charge in [-0.25, -0.2) is 0 Å². The predicted molar refractivity (Wildman–Crippen MR) is 49.8 cm³/mol. The van der Waals surface area contributed by atoms with Crippen LogP contribution in [0.2, 0.25) is 0 Å². The summed E-state index contributed by atoms with van der Waals surface area (Å²) in [4.78, 5) is 0. The van der Waals surface area contributed by atoms with E-state index >= 15 is 0 Å². The van der Waals surface area contributed by atoms with E-state index in [1.165, 1.54) is 25.7 Å². The molecule has 0 saturated carbocycles. The molecule has 0 N–H and O–H groups in total. The maximum Gasteiger partial charge on any atom is 0.0678 e. The second-order valence-corrected chi connectivity index (χ2v) is 2.84. The van der Waals surface area contributed by atoms with Crippen LogP contribution in [0.4, 0.5) is 0 Å². The maximum atomic E-state index is 5.64. The van der Waals surface area contributed by atoms with Gasteiger partial charge in [-0.3, -0.25) is 0 Å². The molecule has 0 spiro atoms. The lowest BCUT2D eigenvalue weighted by atomic mass is 9.94. The Morgan fingerprint density at radius 2 is 1.73 bits per heavy atom. The molecule has 0 aliphatic carbocycles. The van der Waals surface area contributed by atoms with E-state index in [1.54, 1.807) is 0 Å². The van der Waals surface area contributed by atoms with Crippen molar-refractivity contribution in [3.8, 4) is 0 Å². The van der Waals surface area contributed by atoms with E-state index in [0.29, 0.717) is 0 Å². The standard InChI is InChI=1S/C8H16O.C2H6/c1-3-8(4-2)6-5-7-9-8;1-2/h3-7H2,1-2H3;1-2H3. The zero-order chi connectivity index (χ0) is 8.74. The lowest BCUT2D eigenvalue weighted by Crippen LogP contribution is -2.24. The highest BCUT2D eigenvalue weighted by atomic mass is 16.5. The first-order valence-corrected chi connectivity index (χ1v) is 4.97. The van der Waals surface area contributed by atoms with Gasteiger partial charge in [-0.1, -0.05) is 27.7 Å². The molecule has 1 heterocycles. The van der Waals surface area contributed by atoms with Gasteiger partial charge in [0, 0.05) is 6.61 Å². The van der Waals surface area contributed by atoms with Gasteiger partial charge in [0.1, 0.15) is 0 Å². The van der Waals surface area contributed by atoms with Crippen LogP contribution in [0, 0.1) is 0 Å². The van der Waals surface area contributed by atoms with Crippen LogP contribution in [-0.4, -0.2) is 12.2 Å². The zero-order valence-corrected chi connectivity index (χ0v) is 8.44. The Labute approximate surface area is 71.1 Å². The highest BCUT2D eigenvalue weighted by molar-refractivity contribution is 4.81. The third kappa shape index (κ3) is 2.82. The molecule has 0 aromatic heterocycles. The molecular formula is C10H22O. The smallest absolute Gasteiger partial charge is 0.0678 e. The molecule has 1 nitrogen and oxygen atoms in total. The summed E-state index contributed by atoms with van der Waals surface area (Å²) in [7, 11) is 0. The van der Waals surface area contributed by atoms with Crippen molar-refractivity contribution in [2.24, 2.45) is 0 Å². The lowest BCUT2D eigenvalue weighted by Gasteiger charge is -2.24. The fourth-order valence-corrected chi connectivity index (χ4v) is 1.56. The molecule has 0 amide bonds. The summed E-state index contributed by atoms with van der Waals surface area (Å²) in [6.45, 7) is 9.42. The van der Waals surface area contributed by atoms with E-state index in [2.05, 4.69) is 13.8 Å². The average molecular weight is 158 g/mol. The highest BCUT2D eigenvalue weighted by Gasteiger charge is 2.30. The third-order valence-electron chi connectivity index (χ3n) is 2.47. The molecule has 1 aliphatic rings. The molecule has 1 rings (SSSR count). The third-order valence-corrected chi connectivity index (χ3v) is 2.47. The largest absolute Gasteiger partial charge is 0.375 e. The van der Waals surface area contributed by atoms with Crippen LogP contribution < -0.4 is 0 Å². The molecule has 0 bridgehead atoms. The van der Waals surface area contributed by atoms with E-state index < -0.39 is 0 Å². The summed E-state index contributed by atoms with van der Waals surface area (Å²) in [5.41, 5.74) is 0.278. The first-order valence-electron chi connectivity index (χ1n) is 4.97. The van der Waals surface area contributed by atoms with Gasteiger partial charge in [-0.15, -0.1) is 0 Å². The predicted octanol–water partition coefficient (Wildman–Crippen LogP) is 3.38. The molecule has 68 valence electrons. The van der Waals surface area contributed by atoms with Crippen molar-refractivity contribution in [1.82, 2.24) is 0 Å². The van der Waals surface area contributed by atoms with Crippen LogP contribution in [0.15, 0.2) is 0 Å². The Morgan fingerprint density at radius 1 is 1.18 bits per heavy atom. The van der Waals surface area contributed by atoms with Gasteiger partial charge in [0.15, 0.2) is 0 Å². The molecule has 0 radical (unpaired) electrons. The molecule has 0 atom stereocenters. The zero-order valence-electron chi connectivity index (χ0n) is 8.44. The average Bonchev–Trinajstić information content (AvgIpc) is 2.57. The summed E-state index contributed by atoms with van der Waals surface area (Å²) in [5.74, 6) is 0. The maximum absolute atomic E-state index is 5.64. The van der Waals surface area contributed by atoms with Crippen LogP contribution in [0.25, 0.3) is 0 Å². The SMILES string of the molecule is CC.CCC1(CC)CCCO1. The molecule has 1 heteroatoms. The summed E-state index contributed by atoms with van der Waals surface area (Å²) in [6.07, 6.45) is 4.91. The summed E-state index contributed by atoms with van der Waals surface area (Å²) >= 11 is 0.